The third kappa shape index (κ3) is 3.61. The van der Waals surface area contributed by atoms with E-state index in [1.54, 1.807) is 12.1 Å². The molecule has 0 bridgehead atoms. The molecular weight excluding hydrogens is 278 g/mol. The Morgan fingerprint density at radius 2 is 2.10 bits per heavy atom. The topological polar surface area (TPSA) is 66.4 Å². The predicted molar refractivity (Wildman–Crippen MR) is 78.2 cm³/mol. The van der Waals surface area contributed by atoms with E-state index in [2.05, 4.69) is 11.4 Å². The second-order valence-electron chi connectivity index (χ2n) is 4.80. The van der Waals surface area contributed by atoms with E-state index in [0.29, 0.717) is 6.42 Å². The fourth-order valence-corrected chi connectivity index (χ4v) is 2.57. The van der Waals surface area contributed by atoms with E-state index in [-0.39, 0.29) is 22.2 Å². The first-order valence-electron chi connectivity index (χ1n) is 6.57. The van der Waals surface area contributed by atoms with E-state index in [1.165, 1.54) is 12.5 Å². The molecule has 2 N–H and O–H groups in total. The summed E-state index contributed by atoms with van der Waals surface area (Å²) in [5, 5.41) is 11.9. The Kier molecular flexibility index (Phi) is 4.79. The molecule has 0 aromatic heterocycles. The maximum atomic E-state index is 12.0. The number of hydrogen-bond donors (Lipinski definition) is 2. The molecule has 106 valence electrons. The highest BCUT2D eigenvalue weighted by Gasteiger charge is 2.17. The second kappa shape index (κ2) is 6.57. The molecule has 0 unspecified atom stereocenters. The highest BCUT2D eigenvalue weighted by Crippen LogP contribution is 2.25. The lowest BCUT2D eigenvalue weighted by molar-refractivity contribution is -0.115. The fraction of sp³-hybridized carbons (Fsp3) is 0.333. The van der Waals surface area contributed by atoms with Crippen LogP contribution in [-0.4, -0.2) is 17.0 Å². The number of halogens is 1. The minimum Gasteiger partial charge on any atom is -0.478 e. The molecule has 0 saturated carbocycles. The van der Waals surface area contributed by atoms with Gasteiger partial charge in [-0.15, -0.1) is 0 Å². The average molecular weight is 294 g/mol. The van der Waals surface area contributed by atoms with Gasteiger partial charge in [-0.2, -0.15) is 0 Å². The Morgan fingerprint density at radius 1 is 1.30 bits per heavy atom. The van der Waals surface area contributed by atoms with Gasteiger partial charge in [0.15, 0.2) is 0 Å². The van der Waals surface area contributed by atoms with Gasteiger partial charge in [-0.1, -0.05) is 29.3 Å². The molecule has 1 aromatic carbocycles. The summed E-state index contributed by atoms with van der Waals surface area (Å²) in [7, 11) is 0. The summed E-state index contributed by atoms with van der Waals surface area (Å²) in [6.07, 6.45) is 6.64. The summed E-state index contributed by atoms with van der Waals surface area (Å²) in [6.45, 7) is 0. The number of carbonyl (C=O) groups is 2. The highest BCUT2D eigenvalue weighted by molar-refractivity contribution is 6.34. The minimum absolute atomic E-state index is 0.0693. The van der Waals surface area contributed by atoms with Crippen LogP contribution in [0.4, 0.5) is 5.69 Å². The molecule has 1 amide bonds. The van der Waals surface area contributed by atoms with Gasteiger partial charge >= 0.3 is 5.97 Å². The summed E-state index contributed by atoms with van der Waals surface area (Å²) in [4.78, 5) is 23.1. The zero-order valence-electron chi connectivity index (χ0n) is 11.0. The van der Waals surface area contributed by atoms with Crippen LogP contribution in [0, 0.1) is 0 Å². The van der Waals surface area contributed by atoms with Gasteiger partial charge in [0.25, 0.3) is 0 Å². The van der Waals surface area contributed by atoms with Crippen LogP contribution in [0.1, 0.15) is 42.5 Å². The quantitative estimate of drug-likeness (QED) is 0.828. The Balaban J connectivity index is 2.10. The normalized spacial score (nSPS) is 14.6. The number of amides is 1. The highest BCUT2D eigenvalue weighted by atomic mass is 35.5. The number of rotatable bonds is 4. The van der Waals surface area contributed by atoms with Gasteiger partial charge in [0.05, 0.1) is 10.7 Å². The molecular formula is C15H16ClNO3. The van der Waals surface area contributed by atoms with E-state index < -0.39 is 5.97 Å². The molecule has 2 rings (SSSR count). The lowest BCUT2D eigenvalue weighted by atomic mass is 9.97. The zero-order valence-corrected chi connectivity index (χ0v) is 11.7. The number of allylic oxidation sites excluding steroid dienone is 1. The molecule has 0 atom stereocenters. The van der Waals surface area contributed by atoms with E-state index in [4.69, 9.17) is 16.7 Å². The minimum atomic E-state index is -1.15. The Morgan fingerprint density at radius 3 is 2.75 bits per heavy atom. The van der Waals surface area contributed by atoms with Crippen molar-refractivity contribution in [3.63, 3.8) is 0 Å². The van der Waals surface area contributed by atoms with Crippen LogP contribution < -0.4 is 5.32 Å². The van der Waals surface area contributed by atoms with Crippen LogP contribution in [-0.2, 0) is 4.79 Å². The van der Waals surface area contributed by atoms with E-state index in [1.807, 2.05) is 0 Å². The smallest absolute Gasteiger partial charge is 0.339 e. The van der Waals surface area contributed by atoms with Crippen molar-refractivity contribution in [2.45, 2.75) is 32.1 Å². The Hall–Kier alpha value is -1.81. The van der Waals surface area contributed by atoms with Gasteiger partial charge in [-0.05, 0) is 37.8 Å². The van der Waals surface area contributed by atoms with Gasteiger partial charge in [-0.3, -0.25) is 4.79 Å². The maximum Gasteiger partial charge on any atom is 0.339 e. The number of aromatic carboxylic acids is 1. The molecule has 0 spiro atoms. The first-order chi connectivity index (χ1) is 9.58. The number of carbonyl (C=O) groups excluding carboxylic acids is 1. The van der Waals surface area contributed by atoms with Crippen LogP contribution >= 0.6 is 11.6 Å². The van der Waals surface area contributed by atoms with Gasteiger partial charge in [-0.25, -0.2) is 4.79 Å². The van der Waals surface area contributed by atoms with Gasteiger partial charge in [0, 0.05) is 6.42 Å². The number of nitrogens with one attached hydrogen (secondary N) is 1. The van der Waals surface area contributed by atoms with Crippen LogP contribution in [0.2, 0.25) is 5.02 Å². The zero-order chi connectivity index (χ0) is 14.5. The lowest BCUT2D eigenvalue weighted by Crippen LogP contribution is -2.15. The summed E-state index contributed by atoms with van der Waals surface area (Å²) in [5.74, 6) is -1.36. The van der Waals surface area contributed by atoms with Crippen LogP contribution in [0.25, 0.3) is 0 Å². The first kappa shape index (κ1) is 14.6. The lowest BCUT2D eigenvalue weighted by Gasteiger charge is -2.13. The fourth-order valence-electron chi connectivity index (χ4n) is 2.31. The van der Waals surface area contributed by atoms with Crippen molar-refractivity contribution >= 4 is 29.2 Å². The van der Waals surface area contributed by atoms with Crippen LogP contribution in [0.15, 0.2) is 29.8 Å². The van der Waals surface area contributed by atoms with Gasteiger partial charge in [0.2, 0.25) is 5.91 Å². The number of benzene rings is 1. The van der Waals surface area contributed by atoms with Crippen molar-refractivity contribution in [2.24, 2.45) is 0 Å². The van der Waals surface area contributed by atoms with Crippen molar-refractivity contribution in [1.82, 2.24) is 0 Å². The number of anilines is 1. The summed E-state index contributed by atoms with van der Waals surface area (Å²) in [6, 6.07) is 4.65. The standard InChI is InChI=1S/C15H16ClNO3/c16-11-7-4-8-12(14(11)15(19)20)17-13(18)9-10-5-2-1-3-6-10/h4-5,7-8H,1-3,6,9H2,(H,17,18)(H,19,20). The predicted octanol–water partition coefficient (Wildman–Crippen LogP) is 3.87. The average Bonchev–Trinajstić information content (AvgIpc) is 2.39. The largest absolute Gasteiger partial charge is 0.478 e. The Labute approximate surface area is 122 Å². The third-order valence-corrected chi connectivity index (χ3v) is 3.59. The van der Waals surface area contributed by atoms with E-state index in [0.717, 1.165) is 24.8 Å². The maximum absolute atomic E-state index is 12.0. The molecule has 0 radical (unpaired) electrons. The monoisotopic (exact) mass is 293 g/mol. The van der Waals surface area contributed by atoms with E-state index in [9.17, 15) is 9.59 Å². The van der Waals surface area contributed by atoms with Crippen molar-refractivity contribution in [2.75, 3.05) is 5.32 Å². The molecule has 1 aliphatic rings. The molecule has 0 aliphatic heterocycles. The van der Waals surface area contributed by atoms with E-state index >= 15 is 0 Å². The van der Waals surface area contributed by atoms with Crippen LogP contribution in [0.5, 0.6) is 0 Å². The number of carboxylic acids is 1. The van der Waals surface area contributed by atoms with Crippen LogP contribution in [0.3, 0.4) is 0 Å². The SMILES string of the molecule is O=C(CC1=CCCCC1)Nc1cccc(Cl)c1C(=O)O. The summed E-state index contributed by atoms with van der Waals surface area (Å²) < 4.78 is 0. The number of carboxylic acid groups (broad SMARTS) is 1. The molecule has 1 aliphatic carbocycles. The molecule has 0 heterocycles. The Bertz CT molecular complexity index is 566. The molecule has 4 nitrogen and oxygen atoms in total. The van der Waals surface area contributed by atoms with Crippen molar-refractivity contribution in [3.8, 4) is 0 Å². The van der Waals surface area contributed by atoms with Gasteiger partial charge < -0.3 is 10.4 Å². The molecule has 20 heavy (non-hydrogen) atoms. The molecule has 5 heteroatoms. The molecule has 1 aromatic rings. The third-order valence-electron chi connectivity index (χ3n) is 3.27. The van der Waals surface area contributed by atoms with Crippen molar-refractivity contribution in [1.29, 1.82) is 0 Å². The second-order valence-corrected chi connectivity index (χ2v) is 5.21. The summed E-state index contributed by atoms with van der Waals surface area (Å²) in [5.41, 5.74) is 1.29. The summed E-state index contributed by atoms with van der Waals surface area (Å²) >= 11 is 5.86. The molecule has 0 saturated heterocycles. The van der Waals surface area contributed by atoms with Crippen molar-refractivity contribution in [3.05, 3.63) is 40.4 Å². The molecule has 0 fully saturated rings. The van der Waals surface area contributed by atoms with Crippen molar-refractivity contribution < 1.29 is 14.7 Å². The first-order valence-corrected chi connectivity index (χ1v) is 6.95. The number of hydrogen-bond acceptors (Lipinski definition) is 2. The van der Waals surface area contributed by atoms with Gasteiger partial charge in [0.1, 0.15) is 5.56 Å².